The van der Waals surface area contributed by atoms with Crippen molar-refractivity contribution in [1.82, 2.24) is 4.98 Å². The van der Waals surface area contributed by atoms with Crippen LogP contribution in [-0.2, 0) is 15.6 Å². The van der Waals surface area contributed by atoms with Crippen molar-refractivity contribution in [3.63, 3.8) is 0 Å². The number of aromatic nitrogens is 1. The highest BCUT2D eigenvalue weighted by atomic mass is 32.2. The molecule has 2 saturated carbocycles. The van der Waals surface area contributed by atoms with E-state index in [-0.39, 0.29) is 11.0 Å². The second-order valence-electron chi connectivity index (χ2n) is 5.87. The standard InChI is InChI=1S/C14H21NO2S2/c16-19(17,13-7-3-4-8-13)10-12-9-18-14(15-12)11-5-1-2-6-11/h9,11,13H,1-8,10H2. The van der Waals surface area contributed by atoms with E-state index in [0.717, 1.165) is 36.4 Å². The van der Waals surface area contributed by atoms with Crippen molar-refractivity contribution in [2.45, 2.75) is 68.3 Å². The van der Waals surface area contributed by atoms with Gasteiger partial charge in [-0.15, -0.1) is 11.3 Å². The predicted octanol–water partition coefficient (Wildman–Crippen LogP) is 3.66. The molecule has 1 heterocycles. The minimum atomic E-state index is -2.98. The Morgan fingerprint density at radius 1 is 1.11 bits per heavy atom. The summed E-state index contributed by atoms with van der Waals surface area (Å²) in [6, 6.07) is 0. The van der Waals surface area contributed by atoms with Crippen LogP contribution in [0.3, 0.4) is 0 Å². The van der Waals surface area contributed by atoms with Crippen molar-refractivity contribution in [3.05, 3.63) is 16.1 Å². The summed E-state index contributed by atoms with van der Waals surface area (Å²) >= 11 is 1.65. The fraction of sp³-hybridized carbons (Fsp3) is 0.786. The predicted molar refractivity (Wildman–Crippen MR) is 78.2 cm³/mol. The molecule has 106 valence electrons. The van der Waals surface area contributed by atoms with Crippen molar-refractivity contribution in [1.29, 1.82) is 0 Å². The first kappa shape index (κ1) is 13.6. The first-order valence-corrected chi connectivity index (χ1v) is 9.90. The van der Waals surface area contributed by atoms with E-state index in [1.165, 1.54) is 25.7 Å². The summed E-state index contributed by atoms with van der Waals surface area (Å²) < 4.78 is 24.6. The van der Waals surface area contributed by atoms with Crippen molar-refractivity contribution < 1.29 is 8.42 Å². The molecule has 2 fully saturated rings. The van der Waals surface area contributed by atoms with Crippen LogP contribution < -0.4 is 0 Å². The number of hydrogen-bond acceptors (Lipinski definition) is 4. The third-order valence-corrected chi connectivity index (χ3v) is 7.67. The third kappa shape index (κ3) is 3.02. The van der Waals surface area contributed by atoms with Gasteiger partial charge in [0.15, 0.2) is 9.84 Å². The topological polar surface area (TPSA) is 47.0 Å². The Morgan fingerprint density at radius 2 is 1.74 bits per heavy atom. The molecule has 3 rings (SSSR count). The van der Waals surface area contributed by atoms with E-state index >= 15 is 0 Å². The molecule has 2 aliphatic carbocycles. The van der Waals surface area contributed by atoms with Gasteiger partial charge in [0.2, 0.25) is 0 Å². The maximum atomic E-state index is 12.3. The number of rotatable bonds is 4. The minimum Gasteiger partial charge on any atom is -0.245 e. The number of nitrogens with zero attached hydrogens (tertiary/aromatic N) is 1. The third-order valence-electron chi connectivity index (χ3n) is 4.43. The molecule has 0 aromatic carbocycles. The summed E-state index contributed by atoms with van der Waals surface area (Å²) in [5.74, 6) is 0.744. The smallest absolute Gasteiger partial charge is 0.158 e. The molecule has 0 aliphatic heterocycles. The van der Waals surface area contributed by atoms with Gasteiger partial charge >= 0.3 is 0 Å². The van der Waals surface area contributed by atoms with E-state index in [1.54, 1.807) is 11.3 Å². The summed E-state index contributed by atoms with van der Waals surface area (Å²) in [5.41, 5.74) is 0.777. The van der Waals surface area contributed by atoms with Crippen molar-refractivity contribution in [2.75, 3.05) is 0 Å². The average molecular weight is 299 g/mol. The van der Waals surface area contributed by atoms with E-state index in [4.69, 9.17) is 0 Å². The average Bonchev–Trinajstić information content (AvgIpc) is 3.11. The molecule has 0 N–H and O–H groups in total. The first-order chi connectivity index (χ1) is 9.15. The molecular weight excluding hydrogens is 278 g/mol. The summed E-state index contributed by atoms with van der Waals surface area (Å²) in [5, 5.41) is 3.01. The largest absolute Gasteiger partial charge is 0.245 e. The second-order valence-corrected chi connectivity index (χ2v) is 9.04. The molecule has 0 spiro atoms. The fourth-order valence-electron chi connectivity index (χ4n) is 3.32. The van der Waals surface area contributed by atoms with Gasteiger partial charge in [-0.2, -0.15) is 0 Å². The van der Waals surface area contributed by atoms with Crippen LogP contribution in [0.25, 0.3) is 0 Å². The maximum Gasteiger partial charge on any atom is 0.158 e. The molecule has 3 nitrogen and oxygen atoms in total. The van der Waals surface area contributed by atoms with Crippen molar-refractivity contribution in [3.8, 4) is 0 Å². The lowest BCUT2D eigenvalue weighted by molar-refractivity contribution is 0.578. The van der Waals surface area contributed by atoms with E-state index < -0.39 is 9.84 Å². The van der Waals surface area contributed by atoms with Crippen LogP contribution in [0.15, 0.2) is 5.38 Å². The van der Waals surface area contributed by atoms with Crippen LogP contribution in [0.4, 0.5) is 0 Å². The van der Waals surface area contributed by atoms with E-state index in [0.29, 0.717) is 5.92 Å². The van der Waals surface area contributed by atoms with Crippen molar-refractivity contribution in [2.24, 2.45) is 0 Å². The van der Waals surface area contributed by atoms with Crippen molar-refractivity contribution >= 4 is 21.2 Å². The van der Waals surface area contributed by atoms with Gasteiger partial charge in [0.1, 0.15) is 0 Å². The summed E-state index contributed by atoms with van der Waals surface area (Å²) in [7, 11) is -2.98. The highest BCUT2D eigenvalue weighted by Gasteiger charge is 2.30. The zero-order chi connectivity index (χ0) is 13.3. The molecular formula is C14H21NO2S2. The van der Waals surface area contributed by atoms with E-state index in [2.05, 4.69) is 4.98 Å². The molecule has 0 radical (unpaired) electrons. The van der Waals surface area contributed by atoms with Gasteiger partial charge in [-0.3, -0.25) is 0 Å². The highest BCUT2D eigenvalue weighted by Crippen LogP contribution is 2.36. The number of thiazole rings is 1. The summed E-state index contributed by atoms with van der Waals surface area (Å²) in [6.07, 6.45) is 8.86. The fourth-order valence-corrected chi connectivity index (χ4v) is 6.26. The monoisotopic (exact) mass is 299 g/mol. The molecule has 1 aromatic heterocycles. The lowest BCUT2D eigenvalue weighted by atomic mass is 10.1. The summed E-state index contributed by atoms with van der Waals surface area (Å²) in [6.45, 7) is 0. The molecule has 1 aromatic rings. The highest BCUT2D eigenvalue weighted by molar-refractivity contribution is 7.91. The zero-order valence-electron chi connectivity index (χ0n) is 11.2. The van der Waals surface area contributed by atoms with Gasteiger partial charge in [0.25, 0.3) is 0 Å². The van der Waals surface area contributed by atoms with Gasteiger partial charge in [-0.05, 0) is 25.7 Å². The van der Waals surface area contributed by atoms with Crippen LogP contribution in [0, 0.1) is 0 Å². The number of sulfone groups is 1. The van der Waals surface area contributed by atoms with Gasteiger partial charge in [-0.25, -0.2) is 13.4 Å². The molecule has 0 saturated heterocycles. The Hall–Kier alpha value is -0.420. The first-order valence-electron chi connectivity index (χ1n) is 7.31. The molecule has 0 bridgehead atoms. The SMILES string of the molecule is O=S(=O)(Cc1csc(C2CCCC2)n1)C1CCCC1. The Labute approximate surface area is 119 Å². The lowest BCUT2D eigenvalue weighted by Gasteiger charge is -2.09. The molecule has 0 unspecified atom stereocenters. The quantitative estimate of drug-likeness (QED) is 0.852. The van der Waals surface area contributed by atoms with Gasteiger partial charge in [0, 0.05) is 11.3 Å². The molecule has 0 atom stereocenters. The second kappa shape index (κ2) is 5.52. The van der Waals surface area contributed by atoms with Crippen LogP contribution in [0.1, 0.15) is 68.0 Å². The summed E-state index contributed by atoms with van der Waals surface area (Å²) in [4.78, 5) is 4.59. The lowest BCUT2D eigenvalue weighted by Crippen LogP contribution is -2.19. The maximum absolute atomic E-state index is 12.3. The number of hydrogen-bond donors (Lipinski definition) is 0. The van der Waals surface area contributed by atoms with Crippen LogP contribution in [0.2, 0.25) is 0 Å². The molecule has 19 heavy (non-hydrogen) atoms. The Morgan fingerprint density at radius 3 is 2.42 bits per heavy atom. The van der Waals surface area contributed by atoms with Gasteiger partial charge < -0.3 is 0 Å². The van der Waals surface area contributed by atoms with Crippen LogP contribution in [-0.4, -0.2) is 18.7 Å². The Kier molecular flexibility index (Phi) is 3.94. The van der Waals surface area contributed by atoms with Gasteiger partial charge in [0.05, 0.1) is 21.7 Å². The van der Waals surface area contributed by atoms with Gasteiger partial charge in [-0.1, -0.05) is 25.7 Å². The molecule has 5 heteroatoms. The van der Waals surface area contributed by atoms with Crippen LogP contribution >= 0.6 is 11.3 Å². The van der Waals surface area contributed by atoms with Crippen LogP contribution in [0.5, 0.6) is 0 Å². The Balaban J connectivity index is 1.69. The van der Waals surface area contributed by atoms with E-state index in [9.17, 15) is 8.42 Å². The molecule has 2 aliphatic rings. The minimum absolute atomic E-state index is 0.107. The normalized spacial score (nSPS) is 22.3. The van der Waals surface area contributed by atoms with E-state index in [1.807, 2.05) is 5.38 Å². The molecule has 0 amide bonds. The zero-order valence-corrected chi connectivity index (χ0v) is 12.8. The Bertz CT molecular complexity index is 523.